The first-order valence-electron chi connectivity index (χ1n) is 7.99. The van der Waals surface area contributed by atoms with Gasteiger partial charge in [0.05, 0.1) is 0 Å². The van der Waals surface area contributed by atoms with Gasteiger partial charge in [-0.2, -0.15) is 0 Å². The minimum absolute atomic E-state index is 0.170. The summed E-state index contributed by atoms with van der Waals surface area (Å²) >= 11 is 1.45. The number of hydrogen-bond donors (Lipinski definition) is 2. The zero-order chi connectivity index (χ0) is 16.2. The number of ether oxygens (including phenoxy) is 1. The average Bonchev–Trinajstić information content (AvgIpc) is 3.07. The van der Waals surface area contributed by atoms with Crippen LogP contribution in [0.2, 0.25) is 0 Å². The predicted octanol–water partition coefficient (Wildman–Crippen LogP) is 1.18. The Morgan fingerprint density at radius 1 is 1.30 bits per heavy atom. The Bertz CT molecular complexity index is 604. The number of carbonyl (C=O) groups is 3. The molecule has 1 saturated heterocycles. The number of hydrogen-bond acceptors (Lipinski definition) is 5. The topological polar surface area (TPSA) is 84.5 Å². The highest BCUT2D eigenvalue weighted by atomic mass is 32.1. The van der Waals surface area contributed by atoms with Crippen molar-refractivity contribution >= 4 is 29.1 Å². The number of thiophene rings is 1. The lowest BCUT2D eigenvalue weighted by Gasteiger charge is -2.14. The van der Waals surface area contributed by atoms with Crippen LogP contribution >= 0.6 is 11.3 Å². The zero-order valence-corrected chi connectivity index (χ0v) is 13.7. The molecule has 1 aromatic rings. The largest absolute Gasteiger partial charge is 0.451 e. The normalized spacial score (nSPS) is 20.3. The van der Waals surface area contributed by atoms with Crippen molar-refractivity contribution in [3.05, 3.63) is 21.4 Å². The van der Waals surface area contributed by atoms with E-state index >= 15 is 0 Å². The van der Waals surface area contributed by atoms with Crippen molar-refractivity contribution in [2.24, 2.45) is 0 Å². The van der Waals surface area contributed by atoms with Crippen molar-refractivity contribution in [1.29, 1.82) is 0 Å². The molecule has 0 aromatic carbocycles. The second-order valence-corrected chi connectivity index (χ2v) is 7.03. The average molecular weight is 336 g/mol. The van der Waals surface area contributed by atoms with Crippen molar-refractivity contribution in [1.82, 2.24) is 10.6 Å². The smallest absolute Gasteiger partial charge is 0.348 e. The maximum Gasteiger partial charge on any atom is 0.348 e. The van der Waals surface area contributed by atoms with Crippen molar-refractivity contribution in [3.8, 4) is 0 Å². The van der Waals surface area contributed by atoms with Crippen LogP contribution in [0.1, 0.15) is 45.8 Å². The van der Waals surface area contributed by atoms with Gasteiger partial charge in [-0.25, -0.2) is 4.79 Å². The number of carbonyl (C=O) groups excluding carboxylic acids is 3. The molecule has 0 spiro atoms. The molecule has 23 heavy (non-hydrogen) atoms. The van der Waals surface area contributed by atoms with Crippen LogP contribution in [0.5, 0.6) is 0 Å². The molecule has 2 heterocycles. The summed E-state index contributed by atoms with van der Waals surface area (Å²) in [5.41, 5.74) is 1.22. The van der Waals surface area contributed by atoms with Gasteiger partial charge in [0.25, 0.3) is 5.91 Å². The fourth-order valence-electron chi connectivity index (χ4n) is 2.94. The summed E-state index contributed by atoms with van der Waals surface area (Å²) < 4.78 is 5.06. The van der Waals surface area contributed by atoms with E-state index in [1.165, 1.54) is 21.8 Å². The summed E-state index contributed by atoms with van der Waals surface area (Å²) in [6.07, 6.45) is 5.58. The van der Waals surface area contributed by atoms with Gasteiger partial charge in [0.1, 0.15) is 10.9 Å². The molecule has 1 atom stereocenters. The van der Waals surface area contributed by atoms with Crippen LogP contribution in [0.25, 0.3) is 0 Å². The standard InChI is InChI=1S/C16H20N2O4S/c19-14(18-11-5-1-2-7-17-15(11)20)9-22-16(21)13-8-10-4-3-6-12(10)23-13/h8,11H,1-7,9H2,(H,17,20)(H,18,19)/t11-/m1/s1. The molecule has 0 bridgehead atoms. The third kappa shape index (κ3) is 3.90. The lowest BCUT2D eigenvalue weighted by atomic mass is 10.1. The monoisotopic (exact) mass is 336 g/mol. The van der Waals surface area contributed by atoms with Gasteiger partial charge >= 0.3 is 5.97 Å². The minimum atomic E-state index is -0.533. The quantitative estimate of drug-likeness (QED) is 0.809. The molecule has 2 N–H and O–H groups in total. The number of rotatable bonds is 4. The molecule has 3 rings (SSSR count). The van der Waals surface area contributed by atoms with Crippen LogP contribution in [0.3, 0.4) is 0 Å². The molecule has 124 valence electrons. The van der Waals surface area contributed by atoms with E-state index in [9.17, 15) is 14.4 Å². The van der Waals surface area contributed by atoms with Gasteiger partial charge in [-0.15, -0.1) is 11.3 Å². The summed E-state index contributed by atoms with van der Waals surface area (Å²) in [5, 5.41) is 5.38. The highest BCUT2D eigenvalue weighted by molar-refractivity contribution is 7.14. The Kier molecular flexibility index (Phi) is 4.95. The molecular weight excluding hydrogens is 316 g/mol. The van der Waals surface area contributed by atoms with Crippen molar-refractivity contribution < 1.29 is 19.1 Å². The van der Waals surface area contributed by atoms with Gasteiger partial charge < -0.3 is 15.4 Å². The number of fused-ring (bicyclic) bond motifs is 1. The minimum Gasteiger partial charge on any atom is -0.451 e. The Morgan fingerprint density at radius 2 is 2.17 bits per heavy atom. The van der Waals surface area contributed by atoms with E-state index in [0.29, 0.717) is 17.8 Å². The first-order chi connectivity index (χ1) is 11.1. The second kappa shape index (κ2) is 7.12. The van der Waals surface area contributed by atoms with Crippen molar-refractivity contribution in [3.63, 3.8) is 0 Å². The molecule has 0 saturated carbocycles. The first kappa shape index (κ1) is 16.0. The summed E-state index contributed by atoms with van der Waals surface area (Å²) in [7, 11) is 0. The third-order valence-corrected chi connectivity index (χ3v) is 5.37. The molecule has 1 aromatic heterocycles. The fraction of sp³-hybridized carbons (Fsp3) is 0.562. The number of aryl methyl sites for hydroxylation is 2. The van der Waals surface area contributed by atoms with Gasteiger partial charge in [-0.05, 0) is 50.2 Å². The Labute approximate surface area is 138 Å². The van der Waals surface area contributed by atoms with Gasteiger partial charge in [-0.1, -0.05) is 0 Å². The van der Waals surface area contributed by atoms with Crippen LogP contribution in [-0.4, -0.2) is 37.0 Å². The second-order valence-electron chi connectivity index (χ2n) is 5.90. The predicted molar refractivity (Wildman–Crippen MR) is 85.4 cm³/mol. The summed E-state index contributed by atoms with van der Waals surface area (Å²) in [5.74, 6) is -1.08. The molecule has 0 unspecified atom stereocenters. The summed E-state index contributed by atoms with van der Waals surface area (Å²) in [6.45, 7) is 0.286. The SMILES string of the molecule is O=C(COC(=O)c1cc2c(s1)CCC2)N[C@@H]1CCCCNC1=O. The Balaban J connectivity index is 1.48. The van der Waals surface area contributed by atoms with Gasteiger partial charge in [0.2, 0.25) is 5.91 Å². The molecule has 1 fully saturated rings. The summed E-state index contributed by atoms with van der Waals surface area (Å²) in [4.78, 5) is 37.4. The fourth-order valence-corrected chi connectivity index (χ4v) is 4.09. The number of nitrogens with one attached hydrogen (secondary N) is 2. The van der Waals surface area contributed by atoms with Gasteiger partial charge in [0.15, 0.2) is 6.61 Å². The molecule has 1 aliphatic carbocycles. The Hall–Kier alpha value is -1.89. The van der Waals surface area contributed by atoms with E-state index in [-0.39, 0.29) is 12.5 Å². The summed E-state index contributed by atoms with van der Waals surface area (Å²) in [6, 6.07) is 1.33. The zero-order valence-electron chi connectivity index (χ0n) is 12.9. The highest BCUT2D eigenvalue weighted by Gasteiger charge is 2.24. The number of amides is 2. The lowest BCUT2D eigenvalue weighted by Crippen LogP contribution is -2.46. The van der Waals surface area contributed by atoms with Gasteiger partial charge in [-0.3, -0.25) is 9.59 Å². The van der Waals surface area contributed by atoms with Gasteiger partial charge in [0, 0.05) is 11.4 Å². The maximum atomic E-state index is 12.0. The van der Waals surface area contributed by atoms with Crippen LogP contribution in [0, 0.1) is 0 Å². The lowest BCUT2D eigenvalue weighted by molar-refractivity contribution is -0.130. The van der Waals surface area contributed by atoms with E-state index < -0.39 is 17.9 Å². The van der Waals surface area contributed by atoms with E-state index in [1.54, 1.807) is 0 Å². The van der Waals surface area contributed by atoms with E-state index in [1.807, 2.05) is 6.07 Å². The van der Waals surface area contributed by atoms with E-state index in [4.69, 9.17) is 4.74 Å². The molecule has 0 radical (unpaired) electrons. The molecule has 2 amide bonds. The van der Waals surface area contributed by atoms with Crippen molar-refractivity contribution in [2.75, 3.05) is 13.2 Å². The van der Waals surface area contributed by atoms with Crippen LogP contribution < -0.4 is 10.6 Å². The molecule has 2 aliphatic rings. The molecule has 7 heteroatoms. The molecular formula is C16H20N2O4S. The Morgan fingerprint density at radius 3 is 3.00 bits per heavy atom. The molecule has 1 aliphatic heterocycles. The van der Waals surface area contributed by atoms with E-state index in [0.717, 1.165) is 32.1 Å². The van der Waals surface area contributed by atoms with Crippen LogP contribution in [-0.2, 0) is 27.2 Å². The van der Waals surface area contributed by atoms with E-state index in [2.05, 4.69) is 10.6 Å². The van der Waals surface area contributed by atoms with Crippen LogP contribution in [0.4, 0.5) is 0 Å². The van der Waals surface area contributed by atoms with Crippen molar-refractivity contribution in [2.45, 2.75) is 44.6 Å². The third-order valence-electron chi connectivity index (χ3n) is 4.15. The molecule has 6 nitrogen and oxygen atoms in total. The highest BCUT2D eigenvalue weighted by Crippen LogP contribution is 2.30. The van der Waals surface area contributed by atoms with Crippen LogP contribution in [0.15, 0.2) is 6.07 Å². The first-order valence-corrected chi connectivity index (χ1v) is 8.81. The number of esters is 1. The maximum absolute atomic E-state index is 12.0.